The van der Waals surface area contributed by atoms with Gasteiger partial charge in [-0.15, -0.1) is 10.2 Å². The maximum absolute atomic E-state index is 12.4. The van der Waals surface area contributed by atoms with E-state index < -0.39 is 0 Å². The molecule has 0 aliphatic heterocycles. The summed E-state index contributed by atoms with van der Waals surface area (Å²) in [6, 6.07) is 17.6. The Balaban J connectivity index is 1.34. The molecule has 2 aromatic carbocycles. The van der Waals surface area contributed by atoms with Crippen LogP contribution in [0.3, 0.4) is 0 Å². The molecule has 3 heterocycles. The van der Waals surface area contributed by atoms with Crippen molar-refractivity contribution in [2.45, 2.75) is 18.5 Å². The number of hydrogen-bond donors (Lipinski definition) is 1. The van der Waals surface area contributed by atoms with Crippen LogP contribution in [-0.2, 0) is 11.2 Å². The SMILES string of the molecule is CCc1cccc(NC(=O)CSc2nnc3c4cc(-c5ccc(OC)cc5)nn4ccn23)c1. The number of thioether (sulfide) groups is 1. The van der Waals surface area contributed by atoms with Gasteiger partial charge in [-0.3, -0.25) is 9.20 Å². The van der Waals surface area contributed by atoms with E-state index in [1.165, 1.54) is 17.3 Å². The number of carbonyl (C=O) groups excluding carboxylic acids is 1. The Hall–Kier alpha value is -3.85. The molecule has 0 aliphatic carbocycles. The molecule has 3 aromatic heterocycles. The number of anilines is 1. The van der Waals surface area contributed by atoms with E-state index in [1.807, 2.05) is 71.4 Å². The van der Waals surface area contributed by atoms with Gasteiger partial charge in [-0.05, 0) is 54.4 Å². The van der Waals surface area contributed by atoms with Crippen LogP contribution in [0.5, 0.6) is 5.75 Å². The van der Waals surface area contributed by atoms with Crippen molar-refractivity contribution < 1.29 is 9.53 Å². The summed E-state index contributed by atoms with van der Waals surface area (Å²) in [5.74, 6) is 0.946. The van der Waals surface area contributed by atoms with E-state index in [2.05, 4.69) is 27.5 Å². The number of carbonyl (C=O) groups is 1. The van der Waals surface area contributed by atoms with Gasteiger partial charge in [0, 0.05) is 23.6 Å². The molecular weight excluding hydrogens is 436 g/mol. The van der Waals surface area contributed by atoms with Crippen LogP contribution in [0.15, 0.2) is 72.1 Å². The zero-order chi connectivity index (χ0) is 22.8. The fourth-order valence-corrected chi connectivity index (χ4v) is 4.31. The molecular formula is C24H22N6O2S. The van der Waals surface area contributed by atoms with Crippen molar-refractivity contribution in [3.63, 3.8) is 0 Å². The largest absolute Gasteiger partial charge is 0.497 e. The number of hydrogen-bond acceptors (Lipinski definition) is 6. The molecule has 166 valence electrons. The van der Waals surface area contributed by atoms with Gasteiger partial charge >= 0.3 is 0 Å². The number of amides is 1. The highest BCUT2D eigenvalue weighted by Gasteiger charge is 2.14. The van der Waals surface area contributed by atoms with Crippen molar-refractivity contribution in [3.05, 3.63) is 72.6 Å². The Bertz CT molecular complexity index is 1440. The lowest BCUT2D eigenvalue weighted by Gasteiger charge is -2.06. The first-order valence-electron chi connectivity index (χ1n) is 10.5. The minimum atomic E-state index is -0.0859. The minimum absolute atomic E-state index is 0.0859. The van der Waals surface area contributed by atoms with Gasteiger partial charge in [-0.1, -0.05) is 30.8 Å². The molecule has 0 saturated heterocycles. The summed E-state index contributed by atoms with van der Waals surface area (Å²) in [6.45, 7) is 2.09. The van der Waals surface area contributed by atoms with E-state index >= 15 is 0 Å². The number of fused-ring (bicyclic) bond motifs is 3. The molecule has 0 atom stereocenters. The van der Waals surface area contributed by atoms with Crippen molar-refractivity contribution in [1.82, 2.24) is 24.2 Å². The van der Waals surface area contributed by atoms with Gasteiger partial charge in [0.2, 0.25) is 5.91 Å². The topological polar surface area (TPSA) is 85.8 Å². The van der Waals surface area contributed by atoms with Crippen LogP contribution in [0, 0.1) is 0 Å². The summed E-state index contributed by atoms with van der Waals surface area (Å²) in [6.07, 6.45) is 4.64. The van der Waals surface area contributed by atoms with Crippen LogP contribution in [0.1, 0.15) is 12.5 Å². The molecule has 0 unspecified atom stereocenters. The van der Waals surface area contributed by atoms with Gasteiger partial charge in [0.1, 0.15) is 11.3 Å². The van der Waals surface area contributed by atoms with Gasteiger partial charge in [-0.2, -0.15) is 5.10 Å². The zero-order valence-corrected chi connectivity index (χ0v) is 19.0. The molecule has 5 rings (SSSR count). The number of ether oxygens (including phenoxy) is 1. The number of methoxy groups -OCH3 is 1. The van der Waals surface area contributed by atoms with E-state index in [0.717, 1.165) is 34.6 Å². The summed E-state index contributed by atoms with van der Waals surface area (Å²) in [5, 5.41) is 16.9. The highest BCUT2D eigenvalue weighted by molar-refractivity contribution is 7.99. The lowest BCUT2D eigenvalue weighted by molar-refractivity contribution is -0.113. The monoisotopic (exact) mass is 458 g/mol. The highest BCUT2D eigenvalue weighted by atomic mass is 32.2. The predicted octanol–water partition coefficient (Wildman–Crippen LogP) is 4.35. The summed E-state index contributed by atoms with van der Waals surface area (Å²) < 4.78 is 8.89. The highest BCUT2D eigenvalue weighted by Crippen LogP contribution is 2.25. The first kappa shape index (κ1) is 21.0. The van der Waals surface area contributed by atoms with E-state index in [9.17, 15) is 4.79 Å². The molecule has 0 saturated carbocycles. The van der Waals surface area contributed by atoms with Crippen LogP contribution >= 0.6 is 11.8 Å². The second kappa shape index (κ2) is 8.95. The number of nitrogens with one attached hydrogen (secondary N) is 1. The van der Waals surface area contributed by atoms with Gasteiger partial charge in [0.15, 0.2) is 10.8 Å². The fraction of sp³-hybridized carbons (Fsp3) is 0.167. The standard InChI is InChI=1S/C24H22N6O2S/c1-3-16-5-4-6-18(13-16)25-22(31)15-33-24-27-26-23-21-14-20(28-30(21)12-11-29(23)24)17-7-9-19(32-2)10-8-17/h4-14H,3,15H2,1-2H3,(H,25,31). The number of rotatable bonds is 7. The number of benzene rings is 2. The normalized spacial score (nSPS) is 11.2. The summed E-state index contributed by atoms with van der Waals surface area (Å²) in [7, 11) is 1.64. The van der Waals surface area contributed by atoms with Crippen molar-refractivity contribution in [1.29, 1.82) is 0 Å². The van der Waals surface area contributed by atoms with E-state index in [1.54, 1.807) is 11.6 Å². The molecule has 8 nitrogen and oxygen atoms in total. The van der Waals surface area contributed by atoms with Crippen LogP contribution < -0.4 is 10.1 Å². The second-order valence-corrected chi connectivity index (χ2v) is 8.40. The Morgan fingerprint density at radius 2 is 1.94 bits per heavy atom. The molecule has 1 amide bonds. The quantitative estimate of drug-likeness (QED) is 0.365. The molecule has 33 heavy (non-hydrogen) atoms. The molecule has 1 N–H and O–H groups in total. The third-order valence-electron chi connectivity index (χ3n) is 5.32. The van der Waals surface area contributed by atoms with Crippen LogP contribution in [0.25, 0.3) is 22.4 Å². The predicted molar refractivity (Wildman–Crippen MR) is 129 cm³/mol. The first-order valence-corrected chi connectivity index (χ1v) is 11.5. The maximum atomic E-state index is 12.4. The first-order chi connectivity index (χ1) is 16.1. The third-order valence-corrected chi connectivity index (χ3v) is 6.27. The average Bonchev–Trinajstić information content (AvgIpc) is 3.47. The van der Waals surface area contributed by atoms with Gasteiger partial charge < -0.3 is 10.1 Å². The lowest BCUT2D eigenvalue weighted by atomic mass is 10.1. The summed E-state index contributed by atoms with van der Waals surface area (Å²) in [5.41, 5.74) is 5.32. The van der Waals surface area contributed by atoms with Crippen LogP contribution in [0.4, 0.5) is 5.69 Å². The molecule has 0 radical (unpaired) electrons. The van der Waals surface area contributed by atoms with Gasteiger partial charge in [0.25, 0.3) is 0 Å². The Morgan fingerprint density at radius 1 is 1.09 bits per heavy atom. The van der Waals surface area contributed by atoms with Crippen molar-refractivity contribution in [3.8, 4) is 17.0 Å². The Kier molecular flexibility index (Phi) is 5.70. The number of nitrogens with zero attached hydrogens (tertiary/aromatic N) is 5. The van der Waals surface area contributed by atoms with Gasteiger partial charge in [0.05, 0.1) is 18.6 Å². The second-order valence-electron chi connectivity index (χ2n) is 7.45. The van der Waals surface area contributed by atoms with Crippen molar-refractivity contribution >= 4 is 34.5 Å². The molecule has 0 spiro atoms. The third kappa shape index (κ3) is 4.27. The molecule has 5 aromatic rings. The smallest absolute Gasteiger partial charge is 0.234 e. The summed E-state index contributed by atoms with van der Waals surface area (Å²) in [4.78, 5) is 12.4. The molecule has 0 aliphatic rings. The average molecular weight is 459 g/mol. The maximum Gasteiger partial charge on any atom is 0.234 e. The van der Waals surface area contributed by atoms with E-state index in [-0.39, 0.29) is 11.7 Å². The fourth-order valence-electron chi connectivity index (χ4n) is 3.59. The number of aryl methyl sites for hydroxylation is 1. The zero-order valence-electron chi connectivity index (χ0n) is 18.2. The van der Waals surface area contributed by atoms with E-state index in [4.69, 9.17) is 4.74 Å². The molecule has 0 bridgehead atoms. The van der Waals surface area contributed by atoms with Gasteiger partial charge in [-0.25, -0.2) is 4.52 Å². The molecule has 0 fully saturated rings. The minimum Gasteiger partial charge on any atom is -0.497 e. The van der Waals surface area contributed by atoms with E-state index in [0.29, 0.717) is 10.8 Å². The lowest BCUT2D eigenvalue weighted by Crippen LogP contribution is -2.14. The molecule has 9 heteroatoms. The Labute approximate surface area is 194 Å². The summed E-state index contributed by atoms with van der Waals surface area (Å²) >= 11 is 1.34. The Morgan fingerprint density at radius 3 is 2.73 bits per heavy atom. The van der Waals surface area contributed by atoms with Crippen LogP contribution in [0.2, 0.25) is 0 Å². The van der Waals surface area contributed by atoms with Crippen molar-refractivity contribution in [2.24, 2.45) is 0 Å². The van der Waals surface area contributed by atoms with Crippen molar-refractivity contribution in [2.75, 3.05) is 18.2 Å². The number of aromatic nitrogens is 5. The van der Waals surface area contributed by atoms with Crippen LogP contribution in [-0.4, -0.2) is 43.0 Å².